The van der Waals surface area contributed by atoms with Gasteiger partial charge in [-0.05, 0) is 6.42 Å². The van der Waals surface area contributed by atoms with E-state index < -0.39 is 0 Å². The van der Waals surface area contributed by atoms with Gasteiger partial charge in [-0.15, -0.1) is 0 Å². The molecule has 0 aromatic carbocycles. The normalized spacial score (nSPS) is 16.9. The average molecular weight is 194 g/mol. The summed E-state index contributed by atoms with van der Waals surface area (Å²) in [4.78, 5) is 0. The fraction of sp³-hybridized carbons (Fsp3) is 0.667. The highest BCUT2D eigenvalue weighted by molar-refractivity contribution is 5.03. The lowest BCUT2D eigenvalue weighted by Gasteiger charge is -2.16. The van der Waals surface area contributed by atoms with Gasteiger partial charge in [0, 0.05) is 5.92 Å². The number of allylic oxidation sites excluding steroid dienone is 1. The van der Waals surface area contributed by atoms with Crippen LogP contribution in [0.5, 0.6) is 0 Å². The molecule has 0 fully saturated rings. The first-order chi connectivity index (χ1) is 6.84. The molecule has 14 heavy (non-hydrogen) atoms. The molecular weight excluding hydrogens is 174 g/mol. The Morgan fingerprint density at radius 1 is 1.36 bits per heavy atom. The van der Waals surface area contributed by atoms with Crippen LogP contribution in [-0.2, 0) is 4.74 Å². The van der Waals surface area contributed by atoms with E-state index in [0.29, 0.717) is 5.92 Å². The first kappa shape index (κ1) is 11.2. The Balaban J connectivity index is 2.14. The maximum absolute atomic E-state index is 5.38. The molecule has 0 saturated heterocycles. The summed E-state index contributed by atoms with van der Waals surface area (Å²) in [5, 5.41) is 4.06. The molecule has 1 rings (SSSR count). The molecule has 1 aliphatic rings. The van der Waals surface area contributed by atoms with Crippen molar-refractivity contribution < 1.29 is 4.74 Å². The van der Waals surface area contributed by atoms with Crippen LogP contribution in [0.2, 0.25) is 0 Å². The minimum absolute atomic E-state index is 0.501. The molecular formula is C12H20NO. The predicted octanol–water partition coefficient (Wildman–Crippen LogP) is 3.54. The van der Waals surface area contributed by atoms with Gasteiger partial charge in [0.25, 0.3) is 0 Å². The van der Waals surface area contributed by atoms with E-state index in [1.165, 1.54) is 32.1 Å². The smallest absolute Gasteiger partial charge is 0.124 e. The molecule has 79 valence electrons. The molecule has 1 aliphatic heterocycles. The molecule has 1 radical (unpaired) electrons. The first-order valence-corrected chi connectivity index (χ1v) is 5.56. The Kier molecular flexibility index (Phi) is 5.20. The second-order valence-electron chi connectivity index (χ2n) is 3.83. The fourth-order valence-corrected chi connectivity index (χ4v) is 1.55. The molecule has 0 aliphatic carbocycles. The van der Waals surface area contributed by atoms with Crippen LogP contribution in [0.3, 0.4) is 0 Å². The maximum Gasteiger partial charge on any atom is 0.124 e. The first-order valence-electron chi connectivity index (χ1n) is 5.56. The van der Waals surface area contributed by atoms with Crippen molar-refractivity contribution in [2.24, 2.45) is 5.92 Å². The zero-order valence-electron chi connectivity index (χ0n) is 9.20. The largest absolute Gasteiger partial charge is 0.466 e. The van der Waals surface area contributed by atoms with Gasteiger partial charge in [-0.25, -0.2) is 0 Å². The number of unbranched alkanes of at least 4 members (excludes halogenated alkanes) is 3. The third-order valence-electron chi connectivity index (χ3n) is 2.53. The van der Waals surface area contributed by atoms with Crippen LogP contribution in [-0.4, -0.2) is 0 Å². The van der Waals surface area contributed by atoms with E-state index in [9.17, 15) is 0 Å². The highest BCUT2D eigenvalue weighted by Crippen LogP contribution is 2.20. The van der Waals surface area contributed by atoms with Gasteiger partial charge in [-0.3, -0.25) is 5.32 Å². The number of rotatable bonds is 6. The highest BCUT2D eigenvalue weighted by atomic mass is 16.5. The van der Waals surface area contributed by atoms with Gasteiger partial charge in [0.05, 0.1) is 12.4 Å². The van der Waals surface area contributed by atoms with Crippen molar-refractivity contribution in [3.63, 3.8) is 0 Å². The van der Waals surface area contributed by atoms with Gasteiger partial charge in [-0.1, -0.05) is 39.5 Å². The highest BCUT2D eigenvalue weighted by Gasteiger charge is 2.10. The zero-order valence-corrected chi connectivity index (χ0v) is 9.20. The Labute approximate surface area is 87.0 Å². The molecule has 0 amide bonds. The van der Waals surface area contributed by atoms with Gasteiger partial charge < -0.3 is 4.74 Å². The molecule has 0 aromatic rings. The summed E-state index contributed by atoms with van der Waals surface area (Å²) >= 11 is 0. The SMILES string of the molecule is CCCCCCC(C)C1=C[N]C=CO1. The van der Waals surface area contributed by atoms with E-state index in [1.807, 2.05) is 6.20 Å². The van der Waals surface area contributed by atoms with Crippen LogP contribution in [0, 0.1) is 5.92 Å². The Hall–Kier alpha value is -0.920. The molecule has 0 bridgehead atoms. The van der Waals surface area contributed by atoms with Crippen molar-refractivity contribution in [2.75, 3.05) is 0 Å². The summed E-state index contributed by atoms with van der Waals surface area (Å²) in [6.07, 6.45) is 11.6. The standard InChI is InChI=1S/C12H20NO/c1-3-4-5-6-7-11(2)12-10-13-8-9-14-12/h8-11H,3-7H2,1-2H3. The van der Waals surface area contributed by atoms with Crippen LogP contribution < -0.4 is 5.32 Å². The van der Waals surface area contributed by atoms with Crippen molar-refractivity contribution in [1.29, 1.82) is 0 Å². The Bertz CT molecular complexity index is 208. The second kappa shape index (κ2) is 6.52. The summed E-state index contributed by atoms with van der Waals surface area (Å²) in [6, 6.07) is 0. The summed E-state index contributed by atoms with van der Waals surface area (Å²) < 4.78 is 5.38. The number of nitrogens with zero attached hydrogens (tertiary/aromatic N) is 1. The van der Waals surface area contributed by atoms with E-state index in [-0.39, 0.29) is 0 Å². The van der Waals surface area contributed by atoms with Crippen molar-refractivity contribution >= 4 is 0 Å². The fourth-order valence-electron chi connectivity index (χ4n) is 1.55. The van der Waals surface area contributed by atoms with E-state index in [2.05, 4.69) is 19.2 Å². The van der Waals surface area contributed by atoms with Gasteiger partial charge in [0.2, 0.25) is 0 Å². The summed E-state index contributed by atoms with van der Waals surface area (Å²) in [6.45, 7) is 4.44. The molecule has 0 spiro atoms. The molecule has 1 unspecified atom stereocenters. The molecule has 1 atom stereocenters. The van der Waals surface area contributed by atoms with Crippen LogP contribution in [0.4, 0.5) is 0 Å². The van der Waals surface area contributed by atoms with E-state index in [0.717, 1.165) is 5.76 Å². The van der Waals surface area contributed by atoms with Crippen molar-refractivity contribution in [2.45, 2.75) is 46.0 Å². The lowest BCUT2D eigenvalue weighted by atomic mass is 10.0. The van der Waals surface area contributed by atoms with Crippen LogP contribution in [0.15, 0.2) is 24.4 Å². The molecule has 2 heteroatoms. The van der Waals surface area contributed by atoms with Gasteiger partial charge >= 0.3 is 0 Å². The van der Waals surface area contributed by atoms with Crippen molar-refractivity contribution in [1.82, 2.24) is 5.32 Å². The number of hydrogen-bond donors (Lipinski definition) is 0. The van der Waals surface area contributed by atoms with Crippen LogP contribution in [0.25, 0.3) is 0 Å². The minimum atomic E-state index is 0.501. The maximum atomic E-state index is 5.38. The Morgan fingerprint density at radius 2 is 2.21 bits per heavy atom. The van der Waals surface area contributed by atoms with Crippen LogP contribution >= 0.6 is 0 Å². The number of ether oxygens (including phenoxy) is 1. The summed E-state index contributed by atoms with van der Waals surface area (Å²) in [5.74, 6) is 1.50. The van der Waals surface area contributed by atoms with E-state index in [1.54, 1.807) is 12.5 Å². The minimum Gasteiger partial charge on any atom is -0.466 e. The predicted molar refractivity (Wildman–Crippen MR) is 58.4 cm³/mol. The molecule has 0 N–H and O–H groups in total. The van der Waals surface area contributed by atoms with Gasteiger partial charge in [0.15, 0.2) is 0 Å². The van der Waals surface area contributed by atoms with Gasteiger partial charge in [-0.2, -0.15) is 0 Å². The monoisotopic (exact) mass is 194 g/mol. The lowest BCUT2D eigenvalue weighted by molar-refractivity contribution is 0.275. The summed E-state index contributed by atoms with van der Waals surface area (Å²) in [5.41, 5.74) is 0. The van der Waals surface area contributed by atoms with Gasteiger partial charge in [0.1, 0.15) is 12.0 Å². The Morgan fingerprint density at radius 3 is 2.86 bits per heavy atom. The number of hydrogen-bond acceptors (Lipinski definition) is 1. The van der Waals surface area contributed by atoms with E-state index in [4.69, 9.17) is 4.74 Å². The topological polar surface area (TPSA) is 23.3 Å². The van der Waals surface area contributed by atoms with Crippen molar-refractivity contribution in [3.8, 4) is 0 Å². The molecule has 0 aromatic heterocycles. The van der Waals surface area contributed by atoms with Crippen molar-refractivity contribution in [3.05, 3.63) is 24.4 Å². The second-order valence-corrected chi connectivity index (χ2v) is 3.83. The van der Waals surface area contributed by atoms with E-state index >= 15 is 0 Å². The van der Waals surface area contributed by atoms with Crippen LogP contribution in [0.1, 0.15) is 46.0 Å². The third kappa shape index (κ3) is 3.86. The zero-order chi connectivity index (χ0) is 10.2. The average Bonchev–Trinajstić information content (AvgIpc) is 2.25. The lowest BCUT2D eigenvalue weighted by Crippen LogP contribution is -2.06. The quantitative estimate of drug-likeness (QED) is 0.593. The summed E-state index contributed by atoms with van der Waals surface area (Å²) in [7, 11) is 0. The molecule has 0 saturated carbocycles. The molecule has 1 heterocycles. The molecule has 2 nitrogen and oxygen atoms in total. The third-order valence-corrected chi connectivity index (χ3v) is 2.53.